The second kappa shape index (κ2) is 8.20. The third kappa shape index (κ3) is 6.48. The van der Waals surface area contributed by atoms with Gasteiger partial charge >= 0.3 is 6.03 Å². The summed E-state index contributed by atoms with van der Waals surface area (Å²) in [7, 11) is 0. The van der Waals surface area contributed by atoms with Crippen molar-refractivity contribution in [3.05, 3.63) is 30.3 Å². The van der Waals surface area contributed by atoms with Gasteiger partial charge in [0.15, 0.2) is 0 Å². The molecule has 0 spiro atoms. The first-order chi connectivity index (χ1) is 10.9. The number of nitrogens with one attached hydrogen (secondary N) is 2. The number of urea groups is 1. The van der Waals surface area contributed by atoms with Crippen molar-refractivity contribution < 1.29 is 9.53 Å². The number of carbonyl (C=O) groups is 1. The third-order valence-electron chi connectivity index (χ3n) is 3.79. The average molecular weight is 319 g/mol. The minimum absolute atomic E-state index is 0.0972. The summed E-state index contributed by atoms with van der Waals surface area (Å²) < 4.78 is 5.81. The molecule has 0 bridgehead atoms. The number of ether oxygens (including phenoxy) is 1. The predicted molar refractivity (Wildman–Crippen MR) is 93.9 cm³/mol. The molecule has 1 unspecified atom stereocenters. The van der Waals surface area contributed by atoms with Gasteiger partial charge < -0.3 is 20.3 Å². The first-order valence-corrected chi connectivity index (χ1v) is 8.37. The summed E-state index contributed by atoms with van der Waals surface area (Å²) >= 11 is 0. The predicted octanol–water partition coefficient (Wildman–Crippen LogP) is 2.63. The summed E-state index contributed by atoms with van der Waals surface area (Å²) in [5, 5.41) is 5.80. The lowest BCUT2D eigenvalue weighted by Crippen LogP contribution is -2.45. The van der Waals surface area contributed by atoms with E-state index in [2.05, 4.69) is 60.6 Å². The van der Waals surface area contributed by atoms with E-state index in [4.69, 9.17) is 4.74 Å². The molecule has 1 heterocycles. The number of carbonyl (C=O) groups excluding carboxylic acids is 1. The zero-order valence-electron chi connectivity index (χ0n) is 14.5. The lowest BCUT2D eigenvalue weighted by atomic mass is 9.97. The van der Waals surface area contributed by atoms with E-state index in [0.29, 0.717) is 13.1 Å². The number of morpholine rings is 1. The Morgan fingerprint density at radius 3 is 2.70 bits per heavy atom. The van der Waals surface area contributed by atoms with E-state index < -0.39 is 0 Å². The molecule has 0 aliphatic carbocycles. The van der Waals surface area contributed by atoms with Crippen molar-refractivity contribution in [2.45, 2.75) is 33.3 Å². The van der Waals surface area contributed by atoms with Gasteiger partial charge in [0.25, 0.3) is 0 Å². The van der Waals surface area contributed by atoms with Crippen molar-refractivity contribution in [1.29, 1.82) is 0 Å². The van der Waals surface area contributed by atoms with Gasteiger partial charge in [0.2, 0.25) is 0 Å². The van der Waals surface area contributed by atoms with Crippen LogP contribution < -0.4 is 15.5 Å². The average Bonchev–Trinajstić information content (AvgIpc) is 2.53. The maximum Gasteiger partial charge on any atom is 0.314 e. The van der Waals surface area contributed by atoms with Gasteiger partial charge in [-0.3, -0.25) is 0 Å². The molecule has 2 N–H and O–H groups in total. The fraction of sp³-hybridized carbons (Fsp3) is 0.611. The van der Waals surface area contributed by atoms with Gasteiger partial charge in [-0.2, -0.15) is 0 Å². The molecular weight excluding hydrogens is 290 g/mol. The Labute approximate surface area is 139 Å². The van der Waals surface area contributed by atoms with Crippen molar-refractivity contribution in [1.82, 2.24) is 10.6 Å². The first kappa shape index (κ1) is 17.6. The second-order valence-electron chi connectivity index (χ2n) is 7.23. The van der Waals surface area contributed by atoms with Gasteiger partial charge in [-0.1, -0.05) is 39.0 Å². The lowest BCUT2D eigenvalue weighted by molar-refractivity contribution is 0.0359. The highest BCUT2D eigenvalue weighted by Crippen LogP contribution is 2.18. The van der Waals surface area contributed by atoms with Crippen LogP contribution >= 0.6 is 0 Å². The largest absolute Gasteiger partial charge is 0.374 e. The van der Waals surface area contributed by atoms with Crippen LogP contribution in [0.4, 0.5) is 10.5 Å². The van der Waals surface area contributed by atoms with E-state index >= 15 is 0 Å². The van der Waals surface area contributed by atoms with Crippen LogP contribution in [0, 0.1) is 5.41 Å². The smallest absolute Gasteiger partial charge is 0.314 e. The Morgan fingerprint density at radius 1 is 1.26 bits per heavy atom. The van der Waals surface area contributed by atoms with E-state index in [9.17, 15) is 4.79 Å². The molecule has 0 aromatic heterocycles. The Morgan fingerprint density at radius 2 is 2.00 bits per heavy atom. The summed E-state index contributed by atoms with van der Waals surface area (Å²) in [6, 6.07) is 10.3. The summed E-state index contributed by atoms with van der Waals surface area (Å²) in [5.74, 6) is 0. The zero-order chi connectivity index (χ0) is 16.7. The van der Waals surface area contributed by atoms with Crippen LogP contribution in [-0.2, 0) is 4.74 Å². The molecule has 23 heavy (non-hydrogen) atoms. The molecule has 0 radical (unpaired) electrons. The number of anilines is 1. The van der Waals surface area contributed by atoms with Gasteiger partial charge in [-0.25, -0.2) is 4.79 Å². The van der Waals surface area contributed by atoms with Crippen molar-refractivity contribution in [2.24, 2.45) is 5.41 Å². The van der Waals surface area contributed by atoms with Crippen molar-refractivity contribution >= 4 is 11.7 Å². The van der Waals surface area contributed by atoms with E-state index in [1.54, 1.807) is 0 Å². The molecule has 1 atom stereocenters. The van der Waals surface area contributed by atoms with Gasteiger partial charge in [0.05, 0.1) is 12.7 Å². The summed E-state index contributed by atoms with van der Waals surface area (Å²) in [4.78, 5) is 14.1. The first-order valence-electron chi connectivity index (χ1n) is 8.37. The molecule has 1 fully saturated rings. The Hall–Kier alpha value is -1.75. The third-order valence-corrected chi connectivity index (χ3v) is 3.79. The quantitative estimate of drug-likeness (QED) is 0.877. The fourth-order valence-corrected chi connectivity index (χ4v) is 2.52. The number of para-hydroxylation sites is 1. The normalized spacial score (nSPS) is 18.6. The topological polar surface area (TPSA) is 53.6 Å². The second-order valence-corrected chi connectivity index (χ2v) is 7.23. The SMILES string of the molecule is CC(C)(C)CNC(=O)NCCC1CN(c2ccccc2)CCO1. The Balaban J connectivity index is 1.69. The maximum atomic E-state index is 11.7. The van der Waals surface area contributed by atoms with Crippen LogP contribution in [0.15, 0.2) is 30.3 Å². The molecule has 2 rings (SSSR count). The molecule has 1 aliphatic rings. The number of amides is 2. The highest BCUT2D eigenvalue weighted by molar-refractivity contribution is 5.73. The minimum atomic E-state index is -0.101. The summed E-state index contributed by atoms with van der Waals surface area (Å²) in [6.07, 6.45) is 0.985. The van der Waals surface area contributed by atoms with Crippen LogP contribution in [0.3, 0.4) is 0 Å². The molecule has 1 aliphatic heterocycles. The summed E-state index contributed by atoms with van der Waals surface area (Å²) in [6.45, 7) is 10.1. The highest BCUT2D eigenvalue weighted by Gasteiger charge is 2.20. The minimum Gasteiger partial charge on any atom is -0.374 e. The van der Waals surface area contributed by atoms with Gasteiger partial charge in [0.1, 0.15) is 0 Å². The van der Waals surface area contributed by atoms with Gasteiger partial charge in [0, 0.05) is 31.9 Å². The molecule has 1 aromatic carbocycles. The number of rotatable bonds is 5. The van der Waals surface area contributed by atoms with Crippen LogP contribution in [-0.4, -0.2) is 44.9 Å². The van der Waals surface area contributed by atoms with E-state index in [0.717, 1.165) is 26.1 Å². The van der Waals surface area contributed by atoms with Crippen LogP contribution in [0.25, 0.3) is 0 Å². The van der Waals surface area contributed by atoms with E-state index in [1.807, 2.05) is 6.07 Å². The van der Waals surface area contributed by atoms with E-state index in [-0.39, 0.29) is 17.6 Å². The molecule has 1 aromatic rings. The van der Waals surface area contributed by atoms with Crippen molar-refractivity contribution in [3.8, 4) is 0 Å². The number of hydrogen-bond donors (Lipinski definition) is 2. The van der Waals surface area contributed by atoms with Crippen molar-refractivity contribution in [3.63, 3.8) is 0 Å². The van der Waals surface area contributed by atoms with Gasteiger partial charge in [-0.15, -0.1) is 0 Å². The molecule has 5 nitrogen and oxygen atoms in total. The number of hydrogen-bond acceptors (Lipinski definition) is 3. The van der Waals surface area contributed by atoms with Gasteiger partial charge in [-0.05, 0) is 24.0 Å². The molecule has 0 saturated carbocycles. The highest BCUT2D eigenvalue weighted by atomic mass is 16.5. The molecule has 1 saturated heterocycles. The fourth-order valence-electron chi connectivity index (χ4n) is 2.52. The maximum absolute atomic E-state index is 11.7. The lowest BCUT2D eigenvalue weighted by Gasteiger charge is -2.34. The summed E-state index contributed by atoms with van der Waals surface area (Å²) in [5.41, 5.74) is 1.33. The monoisotopic (exact) mass is 319 g/mol. The zero-order valence-corrected chi connectivity index (χ0v) is 14.5. The molecule has 2 amide bonds. The molecular formula is C18H29N3O2. The number of benzene rings is 1. The molecule has 5 heteroatoms. The van der Waals surface area contributed by atoms with Crippen LogP contribution in [0.5, 0.6) is 0 Å². The van der Waals surface area contributed by atoms with E-state index in [1.165, 1.54) is 5.69 Å². The Bertz CT molecular complexity index is 485. The van der Waals surface area contributed by atoms with Crippen molar-refractivity contribution in [2.75, 3.05) is 37.7 Å². The van der Waals surface area contributed by atoms with Crippen LogP contribution in [0.1, 0.15) is 27.2 Å². The standard InChI is InChI=1S/C18H29N3O2/c1-18(2,3)14-20-17(22)19-10-9-16-13-21(11-12-23-16)15-7-5-4-6-8-15/h4-8,16H,9-14H2,1-3H3,(H2,19,20,22). The van der Waals surface area contributed by atoms with Crippen LogP contribution in [0.2, 0.25) is 0 Å². The molecule has 128 valence electrons. The number of nitrogens with zero attached hydrogens (tertiary/aromatic N) is 1. The Kier molecular flexibility index (Phi) is 6.28.